The molecule has 0 aromatic carbocycles. The van der Waals surface area contributed by atoms with Crippen molar-refractivity contribution in [2.75, 3.05) is 21.3 Å². The fraction of sp³-hybridized carbons (Fsp3) is 0.545. The lowest BCUT2D eigenvalue weighted by Crippen LogP contribution is -2.11. The molecule has 0 aliphatic rings. The molecule has 0 atom stereocenters. The maximum absolute atomic E-state index is 11.3. The molecule has 0 saturated carbocycles. The van der Waals surface area contributed by atoms with Crippen LogP contribution in [0.15, 0.2) is 11.6 Å². The third-order valence-corrected chi connectivity index (χ3v) is 1.98. The SMILES string of the molecule is COC(=O)CC/C=C(/CC(=O)OC)C(=O)OC. The van der Waals surface area contributed by atoms with Gasteiger partial charge in [-0.3, -0.25) is 9.59 Å². The Bertz CT molecular complexity index is 318. The minimum absolute atomic E-state index is 0.137. The maximum atomic E-state index is 11.3. The van der Waals surface area contributed by atoms with Gasteiger partial charge in [-0.15, -0.1) is 0 Å². The summed E-state index contributed by atoms with van der Waals surface area (Å²) in [6.07, 6.45) is 1.73. The van der Waals surface area contributed by atoms with Gasteiger partial charge in [0.1, 0.15) is 0 Å². The third-order valence-electron chi connectivity index (χ3n) is 1.98. The molecule has 0 rings (SSSR count). The molecule has 0 N–H and O–H groups in total. The van der Waals surface area contributed by atoms with Crippen molar-refractivity contribution in [2.45, 2.75) is 19.3 Å². The average Bonchev–Trinajstić information content (AvgIpc) is 2.35. The number of carbonyl (C=O) groups excluding carboxylic acids is 3. The number of hydrogen-bond acceptors (Lipinski definition) is 6. The summed E-state index contributed by atoms with van der Waals surface area (Å²) in [5.74, 6) is -1.54. The summed E-state index contributed by atoms with van der Waals surface area (Å²) in [4.78, 5) is 33.2. The van der Waals surface area contributed by atoms with E-state index in [1.807, 2.05) is 0 Å². The zero-order valence-corrected chi connectivity index (χ0v) is 10.1. The second-order valence-electron chi connectivity index (χ2n) is 3.09. The standard InChI is InChI=1S/C11H16O6/c1-15-9(12)6-4-5-8(11(14)17-3)7-10(13)16-2/h5H,4,6-7H2,1-3H3/b8-5-. The van der Waals surface area contributed by atoms with Gasteiger partial charge >= 0.3 is 17.9 Å². The Balaban J connectivity index is 4.46. The Morgan fingerprint density at radius 3 is 2.00 bits per heavy atom. The second kappa shape index (κ2) is 8.32. The van der Waals surface area contributed by atoms with E-state index in [2.05, 4.69) is 14.2 Å². The molecule has 0 spiro atoms. The van der Waals surface area contributed by atoms with E-state index >= 15 is 0 Å². The molecule has 6 heteroatoms. The number of esters is 3. The van der Waals surface area contributed by atoms with Gasteiger partial charge in [-0.05, 0) is 6.42 Å². The minimum Gasteiger partial charge on any atom is -0.469 e. The monoisotopic (exact) mass is 244 g/mol. The van der Waals surface area contributed by atoms with E-state index in [0.717, 1.165) is 0 Å². The van der Waals surface area contributed by atoms with E-state index < -0.39 is 11.9 Å². The van der Waals surface area contributed by atoms with E-state index in [0.29, 0.717) is 6.42 Å². The summed E-state index contributed by atoms with van der Waals surface area (Å²) in [5.41, 5.74) is 0.170. The molecule has 0 unspecified atom stereocenters. The van der Waals surface area contributed by atoms with Crippen LogP contribution < -0.4 is 0 Å². The van der Waals surface area contributed by atoms with Gasteiger partial charge in [-0.25, -0.2) is 4.79 Å². The molecule has 0 aliphatic heterocycles. The molecule has 0 heterocycles. The fourth-order valence-electron chi connectivity index (χ4n) is 1.05. The molecule has 6 nitrogen and oxygen atoms in total. The summed E-state index contributed by atoms with van der Waals surface area (Å²) in [6.45, 7) is 0. The van der Waals surface area contributed by atoms with Crippen LogP contribution in [0.25, 0.3) is 0 Å². The minimum atomic E-state index is -0.611. The molecular weight excluding hydrogens is 228 g/mol. The Kier molecular flexibility index (Phi) is 7.41. The first-order valence-electron chi connectivity index (χ1n) is 4.96. The van der Waals surface area contributed by atoms with Gasteiger partial charge in [-0.1, -0.05) is 6.08 Å². The topological polar surface area (TPSA) is 78.9 Å². The zero-order valence-electron chi connectivity index (χ0n) is 10.1. The molecule has 0 aliphatic carbocycles. The van der Waals surface area contributed by atoms with E-state index in [4.69, 9.17) is 0 Å². The van der Waals surface area contributed by atoms with Gasteiger partial charge in [0.15, 0.2) is 0 Å². The normalized spacial score (nSPS) is 10.6. The fourth-order valence-corrected chi connectivity index (χ4v) is 1.05. The number of hydrogen-bond donors (Lipinski definition) is 0. The van der Waals surface area contributed by atoms with Crippen LogP contribution in [0.1, 0.15) is 19.3 Å². The van der Waals surface area contributed by atoms with Gasteiger partial charge in [0.05, 0.1) is 27.8 Å². The lowest BCUT2D eigenvalue weighted by molar-refractivity contribution is -0.143. The summed E-state index contributed by atoms with van der Waals surface area (Å²) in [5, 5.41) is 0. The van der Waals surface area contributed by atoms with Crippen molar-refractivity contribution in [1.82, 2.24) is 0 Å². The molecule has 0 aromatic heterocycles. The van der Waals surface area contributed by atoms with Crippen LogP contribution in [0.5, 0.6) is 0 Å². The molecule has 0 bridgehead atoms. The number of ether oxygens (including phenoxy) is 3. The Labute approximate surface area is 99.5 Å². The quantitative estimate of drug-likeness (QED) is 0.387. The van der Waals surface area contributed by atoms with Crippen LogP contribution in [0.3, 0.4) is 0 Å². The van der Waals surface area contributed by atoms with Crippen LogP contribution in [-0.2, 0) is 28.6 Å². The van der Waals surface area contributed by atoms with E-state index in [9.17, 15) is 14.4 Å². The largest absolute Gasteiger partial charge is 0.469 e. The summed E-state index contributed by atoms with van der Waals surface area (Å²) < 4.78 is 13.4. The van der Waals surface area contributed by atoms with Crippen molar-refractivity contribution in [1.29, 1.82) is 0 Å². The van der Waals surface area contributed by atoms with Crippen LogP contribution >= 0.6 is 0 Å². The van der Waals surface area contributed by atoms with Crippen molar-refractivity contribution in [2.24, 2.45) is 0 Å². The average molecular weight is 244 g/mol. The lowest BCUT2D eigenvalue weighted by atomic mass is 10.1. The Morgan fingerprint density at radius 2 is 1.53 bits per heavy atom. The molecule has 17 heavy (non-hydrogen) atoms. The van der Waals surface area contributed by atoms with Crippen molar-refractivity contribution < 1.29 is 28.6 Å². The van der Waals surface area contributed by atoms with E-state index in [-0.39, 0.29) is 24.4 Å². The number of carbonyl (C=O) groups is 3. The van der Waals surface area contributed by atoms with Crippen LogP contribution in [0.2, 0.25) is 0 Å². The number of allylic oxidation sites excluding steroid dienone is 1. The molecule has 0 amide bonds. The first-order chi connectivity index (χ1) is 8.04. The second-order valence-corrected chi connectivity index (χ2v) is 3.09. The highest BCUT2D eigenvalue weighted by atomic mass is 16.5. The van der Waals surface area contributed by atoms with Gasteiger partial charge in [-0.2, -0.15) is 0 Å². The molecule has 96 valence electrons. The number of rotatable bonds is 6. The molecule has 0 radical (unpaired) electrons. The predicted octanol–water partition coefficient (Wildman–Crippen LogP) is 0.602. The number of methoxy groups -OCH3 is 3. The molecule has 0 aromatic rings. The van der Waals surface area contributed by atoms with Crippen LogP contribution in [-0.4, -0.2) is 39.2 Å². The summed E-state index contributed by atoms with van der Waals surface area (Å²) in [6, 6.07) is 0. The van der Waals surface area contributed by atoms with Crippen LogP contribution in [0.4, 0.5) is 0 Å². The summed E-state index contributed by atoms with van der Waals surface area (Å²) in [7, 11) is 3.72. The first kappa shape index (κ1) is 15.2. The van der Waals surface area contributed by atoms with Gasteiger partial charge < -0.3 is 14.2 Å². The van der Waals surface area contributed by atoms with Crippen LogP contribution in [0, 0.1) is 0 Å². The highest BCUT2D eigenvalue weighted by Crippen LogP contribution is 2.08. The van der Waals surface area contributed by atoms with Gasteiger partial charge in [0, 0.05) is 12.0 Å². The third kappa shape index (κ3) is 6.34. The van der Waals surface area contributed by atoms with Gasteiger partial charge in [0.25, 0.3) is 0 Å². The molecule has 0 saturated heterocycles. The first-order valence-corrected chi connectivity index (χ1v) is 4.96. The van der Waals surface area contributed by atoms with Crippen molar-refractivity contribution in [3.05, 3.63) is 11.6 Å². The Hall–Kier alpha value is -1.85. The van der Waals surface area contributed by atoms with Gasteiger partial charge in [0.2, 0.25) is 0 Å². The van der Waals surface area contributed by atoms with Crippen molar-refractivity contribution in [3.63, 3.8) is 0 Å². The lowest BCUT2D eigenvalue weighted by Gasteiger charge is -2.04. The molecular formula is C11H16O6. The summed E-state index contributed by atoms with van der Waals surface area (Å²) >= 11 is 0. The van der Waals surface area contributed by atoms with Crippen molar-refractivity contribution in [3.8, 4) is 0 Å². The highest BCUT2D eigenvalue weighted by Gasteiger charge is 2.14. The smallest absolute Gasteiger partial charge is 0.333 e. The predicted molar refractivity (Wildman–Crippen MR) is 58.0 cm³/mol. The maximum Gasteiger partial charge on any atom is 0.333 e. The van der Waals surface area contributed by atoms with E-state index in [1.165, 1.54) is 27.4 Å². The zero-order chi connectivity index (χ0) is 13.3. The highest BCUT2D eigenvalue weighted by molar-refractivity contribution is 5.93. The Morgan fingerprint density at radius 1 is 0.941 bits per heavy atom. The van der Waals surface area contributed by atoms with E-state index in [1.54, 1.807) is 0 Å². The van der Waals surface area contributed by atoms with Crippen molar-refractivity contribution >= 4 is 17.9 Å². The molecule has 0 fully saturated rings.